The molecule has 6 aromatic heterocycles. The third-order valence-corrected chi connectivity index (χ3v) is 6.70. The number of imidazole rings is 1. The zero-order valence-electron chi connectivity index (χ0n) is 19.5. The molecule has 9 heteroatoms. The largest absolute Gasteiger partial charge is 0.335 e. The van der Waals surface area contributed by atoms with E-state index in [0.717, 1.165) is 64.3 Å². The minimum absolute atomic E-state index is 0.623. The van der Waals surface area contributed by atoms with Crippen molar-refractivity contribution in [2.45, 2.75) is 19.4 Å². The fraction of sp³-hybridized carbons (Fsp3) is 0.185. The van der Waals surface area contributed by atoms with Gasteiger partial charge in [-0.2, -0.15) is 5.10 Å². The maximum Gasteiger partial charge on any atom is 0.178 e. The van der Waals surface area contributed by atoms with Crippen LogP contribution in [0.4, 0.5) is 0 Å². The standard InChI is InChI=1S/C27H23N9/c1-2-7-29-21(5-1)19-6-8-30-26-24(19)32-27(33-26)25-20-12-22(31-15-23(20)34-35-25)18-11-17(13-28-14-18)16-36-9-3-4-10-36/h1-2,5-8,11-15H,3-4,9-10,16H2,(H,34,35)(H,30,32,33). The molecule has 0 bridgehead atoms. The first-order valence-corrected chi connectivity index (χ1v) is 12.1. The second kappa shape index (κ2) is 8.62. The summed E-state index contributed by atoms with van der Waals surface area (Å²) in [7, 11) is 0. The van der Waals surface area contributed by atoms with E-state index in [0.29, 0.717) is 11.5 Å². The van der Waals surface area contributed by atoms with Crippen molar-refractivity contribution in [3.63, 3.8) is 0 Å². The highest BCUT2D eigenvalue weighted by atomic mass is 15.1. The van der Waals surface area contributed by atoms with Gasteiger partial charge in [0.25, 0.3) is 0 Å². The molecular formula is C27H23N9. The quantitative estimate of drug-likeness (QED) is 0.376. The van der Waals surface area contributed by atoms with Gasteiger partial charge >= 0.3 is 0 Å². The number of hydrogen-bond donors (Lipinski definition) is 2. The van der Waals surface area contributed by atoms with Gasteiger partial charge in [0.05, 0.1) is 28.6 Å². The molecule has 0 aromatic carbocycles. The van der Waals surface area contributed by atoms with Crippen LogP contribution in [0.15, 0.2) is 67.4 Å². The van der Waals surface area contributed by atoms with Gasteiger partial charge in [0.15, 0.2) is 11.5 Å². The van der Waals surface area contributed by atoms with E-state index in [1.165, 1.54) is 18.4 Å². The molecule has 36 heavy (non-hydrogen) atoms. The molecule has 176 valence electrons. The third kappa shape index (κ3) is 3.70. The number of rotatable bonds is 5. The molecule has 0 amide bonds. The van der Waals surface area contributed by atoms with Gasteiger partial charge in [0, 0.05) is 47.8 Å². The van der Waals surface area contributed by atoms with Crippen LogP contribution in [-0.2, 0) is 6.54 Å². The monoisotopic (exact) mass is 473 g/mol. The maximum absolute atomic E-state index is 4.75. The van der Waals surface area contributed by atoms with Crippen LogP contribution in [0.5, 0.6) is 0 Å². The number of hydrogen-bond acceptors (Lipinski definition) is 7. The van der Waals surface area contributed by atoms with Crippen molar-refractivity contribution in [1.29, 1.82) is 0 Å². The lowest BCUT2D eigenvalue weighted by Crippen LogP contribution is -2.18. The summed E-state index contributed by atoms with van der Waals surface area (Å²) in [6, 6.07) is 12.0. The summed E-state index contributed by atoms with van der Waals surface area (Å²) in [5, 5.41) is 8.58. The molecule has 0 saturated carbocycles. The van der Waals surface area contributed by atoms with E-state index in [2.05, 4.69) is 46.1 Å². The summed E-state index contributed by atoms with van der Waals surface area (Å²) in [6.07, 6.45) is 11.7. The van der Waals surface area contributed by atoms with Crippen LogP contribution in [0.25, 0.3) is 56.1 Å². The summed E-state index contributed by atoms with van der Waals surface area (Å²) in [5.74, 6) is 0.644. The molecule has 1 aliphatic rings. The molecule has 1 aliphatic heterocycles. The summed E-state index contributed by atoms with van der Waals surface area (Å²) >= 11 is 0. The molecule has 6 aromatic rings. The topological polar surface area (TPSA) is 112 Å². The molecule has 1 fully saturated rings. The summed E-state index contributed by atoms with van der Waals surface area (Å²) in [5.41, 5.74) is 7.87. The average Bonchev–Trinajstić information content (AvgIpc) is 3.68. The van der Waals surface area contributed by atoms with Crippen LogP contribution in [0, 0.1) is 0 Å². The van der Waals surface area contributed by atoms with E-state index < -0.39 is 0 Å². The van der Waals surface area contributed by atoms with Gasteiger partial charge in [0.1, 0.15) is 5.69 Å². The number of aromatic amines is 2. The smallest absolute Gasteiger partial charge is 0.178 e. The summed E-state index contributed by atoms with van der Waals surface area (Å²) in [4.78, 5) is 28.8. The van der Waals surface area contributed by atoms with E-state index in [1.54, 1.807) is 12.4 Å². The Bertz CT molecular complexity index is 1680. The Labute approximate surface area is 206 Å². The van der Waals surface area contributed by atoms with Crippen molar-refractivity contribution < 1.29 is 0 Å². The maximum atomic E-state index is 4.75. The Kier molecular flexibility index (Phi) is 4.99. The molecule has 0 unspecified atom stereocenters. The highest BCUT2D eigenvalue weighted by molar-refractivity contribution is 5.96. The van der Waals surface area contributed by atoms with Gasteiger partial charge in [-0.3, -0.25) is 25.0 Å². The van der Waals surface area contributed by atoms with Gasteiger partial charge in [-0.15, -0.1) is 0 Å². The van der Waals surface area contributed by atoms with E-state index in [4.69, 9.17) is 4.98 Å². The van der Waals surface area contributed by atoms with E-state index >= 15 is 0 Å². The second-order valence-electron chi connectivity index (χ2n) is 9.11. The minimum Gasteiger partial charge on any atom is -0.335 e. The number of pyridine rings is 4. The number of aromatic nitrogens is 8. The average molecular weight is 474 g/mol. The molecule has 0 aliphatic carbocycles. The number of H-pyrrole nitrogens is 2. The van der Waals surface area contributed by atoms with E-state index in [9.17, 15) is 0 Å². The lowest BCUT2D eigenvalue weighted by atomic mass is 10.1. The Hall–Kier alpha value is -4.50. The number of likely N-dealkylation sites (tertiary alicyclic amines) is 1. The Balaban J connectivity index is 1.28. The molecule has 7 heterocycles. The van der Waals surface area contributed by atoms with Crippen molar-refractivity contribution in [3.8, 4) is 34.0 Å². The van der Waals surface area contributed by atoms with Crippen LogP contribution in [-0.4, -0.2) is 58.1 Å². The predicted molar refractivity (Wildman–Crippen MR) is 138 cm³/mol. The first-order valence-electron chi connectivity index (χ1n) is 12.1. The van der Waals surface area contributed by atoms with E-state index in [-0.39, 0.29) is 0 Å². The third-order valence-electron chi connectivity index (χ3n) is 6.70. The molecule has 9 nitrogen and oxygen atoms in total. The predicted octanol–water partition coefficient (Wildman–Crippen LogP) is 4.62. The molecule has 0 spiro atoms. The molecule has 7 rings (SSSR count). The van der Waals surface area contributed by atoms with Crippen LogP contribution in [0.2, 0.25) is 0 Å². The zero-order valence-corrected chi connectivity index (χ0v) is 19.5. The fourth-order valence-electron chi connectivity index (χ4n) is 4.93. The lowest BCUT2D eigenvalue weighted by Gasteiger charge is -2.14. The Morgan fingerprint density at radius 2 is 1.83 bits per heavy atom. The normalized spacial score (nSPS) is 14.2. The van der Waals surface area contributed by atoms with Crippen LogP contribution < -0.4 is 0 Å². The van der Waals surface area contributed by atoms with Gasteiger partial charge in [-0.05, 0) is 61.8 Å². The lowest BCUT2D eigenvalue weighted by molar-refractivity contribution is 0.331. The first-order chi connectivity index (χ1) is 17.8. The highest BCUT2D eigenvalue weighted by Crippen LogP contribution is 2.31. The Morgan fingerprint density at radius 3 is 2.72 bits per heavy atom. The number of nitrogens with zero attached hydrogens (tertiary/aromatic N) is 7. The van der Waals surface area contributed by atoms with Crippen molar-refractivity contribution >= 4 is 22.1 Å². The molecule has 0 radical (unpaired) electrons. The van der Waals surface area contributed by atoms with Gasteiger partial charge < -0.3 is 4.98 Å². The highest BCUT2D eigenvalue weighted by Gasteiger charge is 2.17. The molecule has 1 saturated heterocycles. The van der Waals surface area contributed by atoms with Crippen molar-refractivity contribution in [1.82, 2.24) is 45.0 Å². The van der Waals surface area contributed by atoms with Crippen molar-refractivity contribution in [2.24, 2.45) is 0 Å². The molecular weight excluding hydrogens is 450 g/mol. The minimum atomic E-state index is 0.623. The summed E-state index contributed by atoms with van der Waals surface area (Å²) < 4.78 is 0. The first kappa shape index (κ1) is 20.8. The van der Waals surface area contributed by atoms with E-state index in [1.807, 2.05) is 48.9 Å². The van der Waals surface area contributed by atoms with Gasteiger partial charge in [-0.1, -0.05) is 6.07 Å². The number of fused-ring (bicyclic) bond motifs is 2. The fourth-order valence-corrected chi connectivity index (χ4v) is 4.93. The molecule has 2 N–H and O–H groups in total. The van der Waals surface area contributed by atoms with Gasteiger partial charge in [0.2, 0.25) is 0 Å². The Morgan fingerprint density at radius 1 is 0.889 bits per heavy atom. The van der Waals surface area contributed by atoms with Crippen molar-refractivity contribution in [3.05, 3.63) is 72.9 Å². The zero-order chi connectivity index (χ0) is 23.9. The summed E-state index contributed by atoms with van der Waals surface area (Å²) in [6.45, 7) is 3.23. The number of nitrogens with one attached hydrogen (secondary N) is 2. The van der Waals surface area contributed by atoms with Crippen LogP contribution >= 0.6 is 0 Å². The van der Waals surface area contributed by atoms with Crippen molar-refractivity contribution in [2.75, 3.05) is 13.1 Å². The van der Waals surface area contributed by atoms with Gasteiger partial charge in [-0.25, -0.2) is 9.97 Å². The molecule has 0 atom stereocenters. The SMILES string of the molecule is c1ccc(-c2ccnc3nc(-c4n[nH]c5cnc(-c6cncc(CN7CCCC7)c6)cc45)[nH]c23)nc1. The van der Waals surface area contributed by atoms with Crippen LogP contribution in [0.3, 0.4) is 0 Å². The van der Waals surface area contributed by atoms with Crippen LogP contribution in [0.1, 0.15) is 18.4 Å². The second-order valence-corrected chi connectivity index (χ2v) is 9.11.